The lowest BCUT2D eigenvalue weighted by molar-refractivity contribution is -0.120. The van der Waals surface area contributed by atoms with E-state index in [2.05, 4.69) is 13.8 Å². The van der Waals surface area contributed by atoms with E-state index in [-0.39, 0.29) is 12.2 Å². The summed E-state index contributed by atoms with van der Waals surface area (Å²) < 4.78 is 5.39. The van der Waals surface area contributed by atoms with Crippen LogP contribution in [0.3, 0.4) is 0 Å². The Kier molecular flexibility index (Phi) is 8.32. The average Bonchev–Trinajstić information content (AvgIpc) is 3.12. The molecule has 1 saturated heterocycles. The SMILES string of the molecule is CCCCCCCCCCC(=O)[C@H]1O[C@@H]1CCC. The molecule has 0 N–H and O–H groups in total. The molecule has 18 heavy (non-hydrogen) atoms. The first-order chi connectivity index (χ1) is 8.79. The van der Waals surface area contributed by atoms with Gasteiger partial charge in [0.2, 0.25) is 0 Å². The van der Waals surface area contributed by atoms with Gasteiger partial charge in [0.05, 0.1) is 6.10 Å². The monoisotopic (exact) mass is 254 g/mol. The van der Waals surface area contributed by atoms with Gasteiger partial charge in [0.25, 0.3) is 0 Å². The second kappa shape index (κ2) is 9.55. The van der Waals surface area contributed by atoms with Gasteiger partial charge in [-0.05, 0) is 12.8 Å². The van der Waals surface area contributed by atoms with Crippen LogP contribution in [0.2, 0.25) is 0 Å². The Morgan fingerprint density at radius 2 is 1.50 bits per heavy atom. The first kappa shape index (κ1) is 15.7. The number of unbranched alkanes of at least 4 members (excludes halogenated alkanes) is 7. The predicted octanol–water partition coefficient (Wildman–Crippen LogP) is 4.65. The molecule has 2 heteroatoms. The van der Waals surface area contributed by atoms with Crippen molar-refractivity contribution < 1.29 is 9.53 Å². The Morgan fingerprint density at radius 1 is 0.889 bits per heavy atom. The van der Waals surface area contributed by atoms with Gasteiger partial charge in [-0.3, -0.25) is 4.79 Å². The fourth-order valence-corrected chi connectivity index (χ4v) is 2.51. The molecule has 2 atom stereocenters. The number of rotatable bonds is 12. The second-order valence-electron chi connectivity index (χ2n) is 5.57. The summed E-state index contributed by atoms with van der Waals surface area (Å²) in [5, 5.41) is 0. The van der Waals surface area contributed by atoms with E-state index in [4.69, 9.17) is 4.74 Å². The smallest absolute Gasteiger partial charge is 0.164 e. The van der Waals surface area contributed by atoms with Crippen LogP contribution in [0.4, 0.5) is 0 Å². The minimum atomic E-state index is -0.0329. The summed E-state index contributed by atoms with van der Waals surface area (Å²) in [7, 11) is 0. The third kappa shape index (κ3) is 6.53. The summed E-state index contributed by atoms with van der Waals surface area (Å²) in [6.45, 7) is 4.39. The Bertz CT molecular complexity index is 225. The zero-order valence-electron chi connectivity index (χ0n) is 12.2. The fraction of sp³-hybridized carbons (Fsp3) is 0.938. The summed E-state index contributed by atoms with van der Waals surface area (Å²) in [6.07, 6.45) is 13.5. The molecule has 1 heterocycles. The van der Waals surface area contributed by atoms with Gasteiger partial charge in [0.1, 0.15) is 6.10 Å². The number of carbonyl (C=O) groups is 1. The van der Waals surface area contributed by atoms with Crippen molar-refractivity contribution >= 4 is 5.78 Å². The summed E-state index contributed by atoms with van der Waals surface area (Å²) >= 11 is 0. The van der Waals surface area contributed by atoms with Crippen LogP contribution >= 0.6 is 0 Å². The highest BCUT2D eigenvalue weighted by atomic mass is 16.6. The molecule has 0 unspecified atom stereocenters. The first-order valence-electron chi connectivity index (χ1n) is 7.97. The van der Waals surface area contributed by atoms with E-state index in [1.165, 1.54) is 44.9 Å². The van der Waals surface area contributed by atoms with Crippen molar-refractivity contribution in [2.75, 3.05) is 0 Å². The van der Waals surface area contributed by atoms with Gasteiger partial charge < -0.3 is 4.74 Å². The Hall–Kier alpha value is -0.370. The van der Waals surface area contributed by atoms with Gasteiger partial charge in [-0.25, -0.2) is 0 Å². The lowest BCUT2D eigenvalue weighted by Crippen LogP contribution is -2.09. The number of epoxide rings is 1. The molecule has 2 nitrogen and oxygen atoms in total. The molecule has 0 aromatic carbocycles. The number of ketones is 1. The molecule has 0 spiro atoms. The van der Waals surface area contributed by atoms with Crippen LogP contribution in [0.15, 0.2) is 0 Å². The Labute approximate surface area is 112 Å². The minimum absolute atomic E-state index is 0.0329. The normalized spacial score (nSPS) is 22.1. The molecule has 106 valence electrons. The summed E-state index contributed by atoms with van der Waals surface area (Å²) in [5.74, 6) is 0.347. The molecular formula is C16H30O2. The molecular weight excluding hydrogens is 224 g/mol. The highest BCUT2D eigenvalue weighted by Crippen LogP contribution is 2.28. The van der Waals surface area contributed by atoms with E-state index in [1.54, 1.807) is 0 Å². The van der Waals surface area contributed by atoms with Crippen molar-refractivity contribution in [2.24, 2.45) is 0 Å². The van der Waals surface area contributed by atoms with Crippen molar-refractivity contribution in [1.29, 1.82) is 0 Å². The van der Waals surface area contributed by atoms with Crippen LogP contribution in [0.1, 0.15) is 84.5 Å². The van der Waals surface area contributed by atoms with Gasteiger partial charge >= 0.3 is 0 Å². The molecule has 1 aliphatic heterocycles. The average molecular weight is 254 g/mol. The van der Waals surface area contributed by atoms with Crippen LogP contribution in [-0.2, 0) is 9.53 Å². The Morgan fingerprint density at radius 3 is 2.11 bits per heavy atom. The molecule has 0 aromatic rings. The predicted molar refractivity (Wildman–Crippen MR) is 75.8 cm³/mol. The zero-order chi connectivity index (χ0) is 13.2. The maximum Gasteiger partial charge on any atom is 0.164 e. The van der Waals surface area contributed by atoms with Gasteiger partial charge in [-0.2, -0.15) is 0 Å². The van der Waals surface area contributed by atoms with Crippen molar-refractivity contribution in [3.8, 4) is 0 Å². The van der Waals surface area contributed by atoms with Crippen LogP contribution in [0.25, 0.3) is 0 Å². The number of hydrogen-bond acceptors (Lipinski definition) is 2. The molecule has 0 radical (unpaired) electrons. The van der Waals surface area contributed by atoms with Crippen LogP contribution in [0.5, 0.6) is 0 Å². The standard InChI is InChI=1S/C16H30O2/c1-3-5-6-7-8-9-10-11-13-14(17)16-15(18-16)12-4-2/h15-16H,3-13H2,1-2H3/t15-,16-/m1/s1. The third-order valence-electron chi connectivity index (χ3n) is 3.75. The van der Waals surface area contributed by atoms with E-state index >= 15 is 0 Å². The summed E-state index contributed by atoms with van der Waals surface area (Å²) in [4.78, 5) is 11.7. The molecule has 1 rings (SSSR count). The zero-order valence-corrected chi connectivity index (χ0v) is 12.2. The highest BCUT2D eigenvalue weighted by Gasteiger charge is 2.42. The minimum Gasteiger partial charge on any atom is -0.361 e. The molecule has 1 aliphatic rings. The van der Waals surface area contributed by atoms with Crippen molar-refractivity contribution in [1.82, 2.24) is 0 Å². The molecule has 0 bridgehead atoms. The quantitative estimate of drug-likeness (QED) is 0.374. The van der Waals surface area contributed by atoms with Crippen molar-refractivity contribution in [2.45, 2.75) is 96.7 Å². The highest BCUT2D eigenvalue weighted by molar-refractivity contribution is 5.85. The Balaban J connectivity index is 1.85. The van der Waals surface area contributed by atoms with Crippen molar-refractivity contribution in [3.05, 3.63) is 0 Å². The number of carbonyl (C=O) groups excluding carboxylic acids is 1. The first-order valence-corrected chi connectivity index (χ1v) is 7.97. The fourth-order valence-electron chi connectivity index (χ4n) is 2.51. The molecule has 0 saturated carbocycles. The molecule has 0 amide bonds. The maximum atomic E-state index is 11.7. The van der Waals surface area contributed by atoms with Crippen LogP contribution in [-0.4, -0.2) is 18.0 Å². The van der Waals surface area contributed by atoms with Gasteiger partial charge in [-0.15, -0.1) is 0 Å². The summed E-state index contributed by atoms with van der Waals surface area (Å²) in [5.41, 5.74) is 0. The molecule has 0 aliphatic carbocycles. The summed E-state index contributed by atoms with van der Waals surface area (Å²) in [6, 6.07) is 0. The van der Waals surface area contributed by atoms with Crippen LogP contribution < -0.4 is 0 Å². The van der Waals surface area contributed by atoms with E-state index in [1.807, 2.05) is 0 Å². The van der Waals surface area contributed by atoms with E-state index in [0.29, 0.717) is 5.78 Å². The number of Topliss-reactive ketones (excluding diaryl/α,β-unsaturated/α-hetero) is 1. The number of hydrogen-bond donors (Lipinski definition) is 0. The van der Waals surface area contributed by atoms with E-state index in [0.717, 1.165) is 25.7 Å². The maximum absolute atomic E-state index is 11.7. The molecule has 1 fully saturated rings. The van der Waals surface area contributed by atoms with E-state index < -0.39 is 0 Å². The molecule has 0 aromatic heterocycles. The second-order valence-corrected chi connectivity index (χ2v) is 5.57. The van der Waals surface area contributed by atoms with Crippen LogP contribution in [0, 0.1) is 0 Å². The van der Waals surface area contributed by atoms with E-state index in [9.17, 15) is 4.79 Å². The third-order valence-corrected chi connectivity index (χ3v) is 3.75. The van der Waals surface area contributed by atoms with Crippen molar-refractivity contribution in [3.63, 3.8) is 0 Å². The number of ether oxygens (including phenoxy) is 1. The largest absolute Gasteiger partial charge is 0.361 e. The topological polar surface area (TPSA) is 29.6 Å². The lowest BCUT2D eigenvalue weighted by Gasteiger charge is -2.00. The van der Waals surface area contributed by atoms with Gasteiger partial charge in [-0.1, -0.05) is 65.2 Å². The lowest BCUT2D eigenvalue weighted by atomic mass is 10.0. The van der Waals surface area contributed by atoms with Gasteiger partial charge in [0.15, 0.2) is 5.78 Å². The van der Waals surface area contributed by atoms with Gasteiger partial charge in [0, 0.05) is 6.42 Å².